The molecule has 1 aromatic carbocycles. The van der Waals surface area contributed by atoms with Crippen LogP contribution in [0.2, 0.25) is 0 Å². The van der Waals surface area contributed by atoms with Gasteiger partial charge in [0.15, 0.2) is 0 Å². The summed E-state index contributed by atoms with van der Waals surface area (Å²) in [5, 5.41) is 7.19. The van der Waals surface area contributed by atoms with Gasteiger partial charge >= 0.3 is 0 Å². The van der Waals surface area contributed by atoms with Crippen LogP contribution in [0.15, 0.2) is 47.7 Å². The lowest BCUT2D eigenvalue weighted by molar-refractivity contribution is -0.119. The molecular weight excluding hydrogens is 414 g/mol. The van der Waals surface area contributed by atoms with Crippen molar-refractivity contribution in [2.75, 3.05) is 0 Å². The number of aromatic nitrogens is 2. The monoisotopic (exact) mass is 445 g/mol. The van der Waals surface area contributed by atoms with Crippen LogP contribution in [0.3, 0.4) is 0 Å². The second-order valence-electron chi connectivity index (χ2n) is 9.62. The van der Waals surface area contributed by atoms with Crippen LogP contribution in [-0.4, -0.2) is 27.6 Å². The minimum absolute atomic E-state index is 0.0578. The summed E-state index contributed by atoms with van der Waals surface area (Å²) in [5.74, 6) is 0.362. The van der Waals surface area contributed by atoms with Crippen molar-refractivity contribution in [2.24, 2.45) is 28.0 Å². The molecule has 1 fully saturated rings. The van der Waals surface area contributed by atoms with E-state index in [9.17, 15) is 9.59 Å². The van der Waals surface area contributed by atoms with Gasteiger partial charge in [0.25, 0.3) is 5.91 Å². The van der Waals surface area contributed by atoms with E-state index in [-0.39, 0.29) is 11.3 Å². The maximum absolute atomic E-state index is 12.1. The van der Waals surface area contributed by atoms with Crippen molar-refractivity contribution in [2.45, 2.75) is 47.1 Å². The Morgan fingerprint density at radius 1 is 1.24 bits per heavy atom. The van der Waals surface area contributed by atoms with Gasteiger partial charge in [-0.05, 0) is 47.3 Å². The number of carbonyl (C=O) groups excluding carboxylic acids is 2. The van der Waals surface area contributed by atoms with E-state index in [1.807, 2.05) is 42.7 Å². The molecule has 0 spiro atoms. The minimum atomic E-state index is -0.540. The fourth-order valence-corrected chi connectivity index (χ4v) is 4.53. The van der Waals surface area contributed by atoms with Gasteiger partial charge in [-0.25, -0.2) is 4.52 Å². The lowest BCUT2D eigenvalue weighted by atomic mass is 9.77. The number of rotatable bonds is 6. The number of benzene rings is 1. The van der Waals surface area contributed by atoms with Crippen LogP contribution in [0.4, 0.5) is 5.69 Å². The van der Waals surface area contributed by atoms with Crippen molar-refractivity contribution in [1.82, 2.24) is 14.9 Å². The standard InChI is InChI=1S/C26H31N5O2/c1-16-5-10-21(26(16,3)4)13-29-24-22(25(27)33)14-30-31-15-20(11-23(24)31)19-8-6-18(7-9-19)12-28-17(2)32/h6-9,11,13-16,21H,5,10,12H2,1-4H3,(H2,27,33)(H,28,32). The molecule has 0 saturated heterocycles. The number of primary amides is 1. The van der Waals surface area contributed by atoms with E-state index in [0.29, 0.717) is 29.6 Å². The van der Waals surface area contributed by atoms with Gasteiger partial charge in [0, 0.05) is 31.4 Å². The summed E-state index contributed by atoms with van der Waals surface area (Å²) in [6.07, 6.45) is 7.66. The molecule has 1 aliphatic rings. The lowest BCUT2D eigenvalue weighted by Crippen LogP contribution is -2.24. The molecule has 2 aromatic heterocycles. The summed E-state index contributed by atoms with van der Waals surface area (Å²) < 4.78 is 1.74. The highest BCUT2D eigenvalue weighted by molar-refractivity contribution is 6.02. The van der Waals surface area contributed by atoms with Crippen molar-refractivity contribution < 1.29 is 9.59 Å². The molecular formula is C26H31N5O2. The summed E-state index contributed by atoms with van der Waals surface area (Å²) in [7, 11) is 0. The van der Waals surface area contributed by atoms with E-state index in [4.69, 9.17) is 10.7 Å². The number of fused-ring (bicyclic) bond motifs is 1. The molecule has 1 saturated carbocycles. The molecule has 2 unspecified atom stereocenters. The number of nitrogens with one attached hydrogen (secondary N) is 1. The highest BCUT2D eigenvalue weighted by Crippen LogP contribution is 2.46. The topological polar surface area (TPSA) is 102 Å². The molecule has 3 aromatic rings. The first-order valence-corrected chi connectivity index (χ1v) is 11.4. The van der Waals surface area contributed by atoms with Crippen molar-refractivity contribution in [3.8, 4) is 11.1 Å². The van der Waals surface area contributed by atoms with Crippen LogP contribution in [0, 0.1) is 17.3 Å². The Hall–Kier alpha value is -3.48. The van der Waals surface area contributed by atoms with Gasteiger partial charge in [0.2, 0.25) is 5.91 Å². The molecule has 2 heterocycles. The summed E-state index contributed by atoms with van der Waals surface area (Å²) in [6.45, 7) is 8.84. The lowest BCUT2D eigenvalue weighted by Gasteiger charge is -2.28. The van der Waals surface area contributed by atoms with Crippen LogP contribution < -0.4 is 11.1 Å². The first-order valence-electron chi connectivity index (χ1n) is 11.4. The second kappa shape index (κ2) is 8.81. The minimum Gasteiger partial charge on any atom is -0.365 e. The first kappa shape index (κ1) is 22.7. The Labute approximate surface area is 194 Å². The summed E-state index contributed by atoms with van der Waals surface area (Å²) in [4.78, 5) is 28.1. The molecule has 0 radical (unpaired) electrons. The number of hydrogen-bond donors (Lipinski definition) is 2. The quantitative estimate of drug-likeness (QED) is 0.546. The number of aliphatic imine (C=N–C) groups is 1. The average Bonchev–Trinajstić information content (AvgIpc) is 3.32. The van der Waals surface area contributed by atoms with Crippen molar-refractivity contribution in [3.63, 3.8) is 0 Å². The average molecular weight is 446 g/mol. The van der Waals surface area contributed by atoms with Gasteiger partial charge in [-0.1, -0.05) is 45.0 Å². The fraction of sp³-hybridized carbons (Fsp3) is 0.385. The molecule has 172 valence electrons. The molecule has 4 rings (SSSR count). The molecule has 2 atom stereocenters. The van der Waals surface area contributed by atoms with Crippen LogP contribution >= 0.6 is 0 Å². The van der Waals surface area contributed by atoms with Crippen molar-refractivity contribution in [1.29, 1.82) is 0 Å². The van der Waals surface area contributed by atoms with Crippen LogP contribution in [0.5, 0.6) is 0 Å². The second-order valence-corrected chi connectivity index (χ2v) is 9.62. The van der Waals surface area contributed by atoms with Crippen LogP contribution in [-0.2, 0) is 11.3 Å². The SMILES string of the molecule is CC(=O)NCc1ccc(-c2cc3c(N=CC4CCC(C)C4(C)C)c(C(N)=O)cnn3c2)cc1. The Balaban J connectivity index is 1.70. The molecule has 0 aliphatic heterocycles. The third-order valence-electron chi connectivity index (χ3n) is 7.22. The van der Waals surface area contributed by atoms with Gasteiger partial charge < -0.3 is 11.1 Å². The van der Waals surface area contributed by atoms with E-state index in [1.165, 1.54) is 19.5 Å². The predicted molar refractivity (Wildman–Crippen MR) is 130 cm³/mol. The molecule has 1 aliphatic carbocycles. The van der Waals surface area contributed by atoms with Crippen molar-refractivity contribution >= 4 is 29.2 Å². The molecule has 7 heteroatoms. The summed E-state index contributed by atoms with van der Waals surface area (Å²) in [5.41, 5.74) is 10.4. The highest BCUT2D eigenvalue weighted by atomic mass is 16.1. The summed E-state index contributed by atoms with van der Waals surface area (Å²) >= 11 is 0. The van der Waals surface area contributed by atoms with Gasteiger partial charge in [-0.3, -0.25) is 14.6 Å². The Bertz CT molecular complexity index is 1220. The third-order valence-corrected chi connectivity index (χ3v) is 7.22. The van der Waals surface area contributed by atoms with E-state index in [0.717, 1.165) is 28.6 Å². The van der Waals surface area contributed by atoms with Gasteiger partial charge in [0.1, 0.15) is 5.69 Å². The molecule has 0 bridgehead atoms. The largest absolute Gasteiger partial charge is 0.365 e. The maximum Gasteiger partial charge on any atom is 0.252 e. The van der Waals surface area contributed by atoms with Gasteiger partial charge in [-0.2, -0.15) is 5.10 Å². The van der Waals surface area contributed by atoms with E-state index in [1.54, 1.807) is 4.52 Å². The normalized spacial score (nSPS) is 19.9. The number of carbonyl (C=O) groups is 2. The summed E-state index contributed by atoms with van der Waals surface area (Å²) in [6, 6.07) is 9.96. The Morgan fingerprint density at radius 3 is 2.58 bits per heavy atom. The predicted octanol–water partition coefficient (Wildman–Crippen LogP) is 4.51. The zero-order chi connectivity index (χ0) is 23.8. The number of nitrogens with two attached hydrogens (primary N) is 1. The smallest absolute Gasteiger partial charge is 0.252 e. The van der Waals surface area contributed by atoms with E-state index < -0.39 is 5.91 Å². The van der Waals surface area contributed by atoms with Gasteiger partial charge in [-0.15, -0.1) is 0 Å². The Kier molecular flexibility index (Phi) is 6.06. The molecule has 3 N–H and O–H groups in total. The van der Waals surface area contributed by atoms with Crippen LogP contribution in [0.1, 0.15) is 56.5 Å². The fourth-order valence-electron chi connectivity index (χ4n) is 4.53. The maximum atomic E-state index is 12.1. The number of hydrogen-bond acceptors (Lipinski definition) is 4. The van der Waals surface area contributed by atoms with Gasteiger partial charge in [0.05, 0.1) is 17.3 Å². The number of nitrogens with zero attached hydrogens (tertiary/aromatic N) is 3. The third kappa shape index (κ3) is 4.53. The van der Waals surface area contributed by atoms with E-state index >= 15 is 0 Å². The Morgan fingerprint density at radius 2 is 1.97 bits per heavy atom. The molecule has 7 nitrogen and oxygen atoms in total. The molecule has 2 amide bonds. The van der Waals surface area contributed by atoms with Crippen LogP contribution in [0.25, 0.3) is 16.6 Å². The van der Waals surface area contributed by atoms with E-state index in [2.05, 4.69) is 31.2 Å². The zero-order valence-corrected chi connectivity index (χ0v) is 19.6. The zero-order valence-electron chi connectivity index (χ0n) is 19.6. The first-order chi connectivity index (χ1) is 15.7. The number of amides is 2. The molecule has 33 heavy (non-hydrogen) atoms. The highest BCUT2D eigenvalue weighted by Gasteiger charge is 2.39. The van der Waals surface area contributed by atoms with Crippen molar-refractivity contribution in [3.05, 3.63) is 53.9 Å².